The van der Waals surface area contributed by atoms with Crippen LogP contribution in [-0.2, 0) is 6.42 Å². The molecule has 0 radical (unpaired) electrons. The summed E-state index contributed by atoms with van der Waals surface area (Å²) >= 11 is 3.49. The van der Waals surface area contributed by atoms with Gasteiger partial charge < -0.3 is 5.32 Å². The van der Waals surface area contributed by atoms with Crippen molar-refractivity contribution in [2.24, 2.45) is 5.92 Å². The zero-order chi connectivity index (χ0) is 12.3. The van der Waals surface area contributed by atoms with Crippen LogP contribution in [0.1, 0.15) is 38.9 Å². The molecule has 0 amide bonds. The minimum absolute atomic E-state index is 0.462. The third-order valence-corrected chi connectivity index (χ3v) is 5.45. The molecule has 5 heteroatoms. The number of hydrogen-bond donors (Lipinski definition) is 1. The maximum Gasteiger partial charge on any atom is 0.202 e. The molecule has 1 aromatic heterocycles. The molecule has 1 aliphatic rings. The van der Waals surface area contributed by atoms with Gasteiger partial charge in [-0.05, 0) is 25.0 Å². The fraction of sp³-hybridized carbons (Fsp3) is 0.833. The van der Waals surface area contributed by atoms with E-state index in [1.807, 2.05) is 11.8 Å². The molecular formula is C12H21N3S2. The van der Waals surface area contributed by atoms with Crippen molar-refractivity contribution in [2.75, 3.05) is 18.1 Å². The number of nitrogens with one attached hydrogen (secondary N) is 1. The molecule has 3 nitrogen and oxygen atoms in total. The van der Waals surface area contributed by atoms with Crippen molar-refractivity contribution < 1.29 is 0 Å². The van der Waals surface area contributed by atoms with Crippen LogP contribution < -0.4 is 5.32 Å². The van der Waals surface area contributed by atoms with Gasteiger partial charge in [0.2, 0.25) is 5.13 Å². The van der Waals surface area contributed by atoms with Gasteiger partial charge in [0.25, 0.3) is 0 Å². The van der Waals surface area contributed by atoms with Crippen molar-refractivity contribution >= 4 is 28.4 Å². The Morgan fingerprint density at radius 2 is 2.24 bits per heavy atom. The van der Waals surface area contributed by atoms with Crippen molar-refractivity contribution in [3.05, 3.63) is 5.82 Å². The topological polar surface area (TPSA) is 37.8 Å². The molecule has 1 heterocycles. The summed E-state index contributed by atoms with van der Waals surface area (Å²) in [5.41, 5.74) is 0. The number of hydrogen-bond acceptors (Lipinski definition) is 5. The summed E-state index contributed by atoms with van der Waals surface area (Å²) in [4.78, 5) is 4.53. The maximum absolute atomic E-state index is 4.53. The summed E-state index contributed by atoms with van der Waals surface area (Å²) < 4.78 is 4.85. The van der Waals surface area contributed by atoms with Crippen LogP contribution in [0.15, 0.2) is 0 Å². The lowest BCUT2D eigenvalue weighted by Crippen LogP contribution is -2.40. The Kier molecular flexibility index (Phi) is 4.31. The van der Waals surface area contributed by atoms with Crippen molar-refractivity contribution in [3.63, 3.8) is 0 Å². The predicted octanol–water partition coefficient (Wildman–Crippen LogP) is 3.43. The number of aromatic nitrogens is 2. The first-order chi connectivity index (χ1) is 8.13. The standard InChI is InChI=1S/C12H21N3S2/c1-9(2)7-10-14-11(17-15-10)13-8-12(16-3)5-4-6-12/h9H,4-8H2,1-3H3,(H,13,14,15). The molecule has 17 heavy (non-hydrogen) atoms. The average Bonchev–Trinajstić information content (AvgIpc) is 2.64. The van der Waals surface area contributed by atoms with Crippen molar-refractivity contribution in [1.82, 2.24) is 9.36 Å². The maximum atomic E-state index is 4.53. The fourth-order valence-electron chi connectivity index (χ4n) is 2.03. The SMILES string of the molecule is CSC1(CNc2nc(CC(C)C)ns2)CCC1. The zero-order valence-corrected chi connectivity index (χ0v) is 12.5. The molecule has 0 spiro atoms. The van der Waals surface area contributed by atoms with Crippen molar-refractivity contribution in [3.8, 4) is 0 Å². The first kappa shape index (κ1) is 13.1. The Hall–Kier alpha value is -0.290. The van der Waals surface area contributed by atoms with Gasteiger partial charge in [0.05, 0.1) is 0 Å². The molecule has 0 saturated heterocycles. The largest absolute Gasteiger partial charge is 0.359 e. The van der Waals surface area contributed by atoms with E-state index in [1.165, 1.54) is 30.8 Å². The molecule has 0 aliphatic heterocycles. The molecule has 1 N–H and O–H groups in total. The molecule has 0 unspecified atom stereocenters. The van der Waals surface area contributed by atoms with Crippen LogP contribution in [0.4, 0.5) is 5.13 Å². The van der Waals surface area contributed by atoms with Crippen LogP contribution in [0.2, 0.25) is 0 Å². The summed E-state index contributed by atoms with van der Waals surface area (Å²) in [7, 11) is 0. The van der Waals surface area contributed by atoms with E-state index in [-0.39, 0.29) is 0 Å². The van der Waals surface area contributed by atoms with E-state index >= 15 is 0 Å². The van der Waals surface area contributed by atoms with Crippen LogP contribution in [-0.4, -0.2) is 26.9 Å². The van der Waals surface area contributed by atoms with E-state index in [4.69, 9.17) is 0 Å². The second-order valence-electron chi connectivity index (χ2n) is 5.21. The van der Waals surface area contributed by atoms with Gasteiger partial charge in [0.15, 0.2) is 0 Å². The molecule has 0 aromatic carbocycles. The summed E-state index contributed by atoms with van der Waals surface area (Å²) in [5.74, 6) is 1.61. The number of rotatable bonds is 6. The number of anilines is 1. The van der Waals surface area contributed by atoms with Crippen LogP contribution in [0.3, 0.4) is 0 Å². The van der Waals surface area contributed by atoms with E-state index in [0.717, 1.165) is 23.9 Å². The normalized spacial score (nSPS) is 18.1. The lowest BCUT2D eigenvalue weighted by atomic mass is 9.84. The van der Waals surface area contributed by atoms with E-state index in [9.17, 15) is 0 Å². The predicted molar refractivity (Wildman–Crippen MR) is 77.0 cm³/mol. The van der Waals surface area contributed by atoms with Crippen LogP contribution in [0.5, 0.6) is 0 Å². The second-order valence-corrected chi connectivity index (χ2v) is 7.23. The second kappa shape index (κ2) is 5.57. The third kappa shape index (κ3) is 3.35. The lowest BCUT2D eigenvalue weighted by molar-refractivity contribution is 0.380. The van der Waals surface area contributed by atoms with E-state index in [1.54, 1.807) is 0 Å². The first-order valence-electron chi connectivity index (χ1n) is 6.25. The fourth-order valence-corrected chi connectivity index (χ4v) is 3.54. The highest BCUT2D eigenvalue weighted by atomic mass is 32.2. The third-order valence-electron chi connectivity index (χ3n) is 3.32. The van der Waals surface area contributed by atoms with Gasteiger partial charge in [0.1, 0.15) is 5.82 Å². The Labute approximate surface area is 112 Å². The smallest absolute Gasteiger partial charge is 0.202 e. The molecule has 1 aliphatic carbocycles. The molecule has 0 bridgehead atoms. The molecule has 2 rings (SSSR count). The van der Waals surface area contributed by atoms with E-state index in [0.29, 0.717) is 10.7 Å². The molecule has 1 saturated carbocycles. The Bertz CT molecular complexity index is 353. The summed E-state index contributed by atoms with van der Waals surface area (Å²) in [6, 6.07) is 0. The Morgan fingerprint density at radius 1 is 1.47 bits per heavy atom. The monoisotopic (exact) mass is 271 g/mol. The van der Waals surface area contributed by atoms with Gasteiger partial charge in [-0.25, -0.2) is 4.98 Å². The van der Waals surface area contributed by atoms with E-state index < -0.39 is 0 Å². The van der Waals surface area contributed by atoms with Gasteiger partial charge in [-0.1, -0.05) is 20.3 Å². The van der Waals surface area contributed by atoms with E-state index in [2.05, 4.69) is 34.8 Å². The quantitative estimate of drug-likeness (QED) is 0.860. The van der Waals surface area contributed by atoms with Gasteiger partial charge >= 0.3 is 0 Å². The summed E-state index contributed by atoms with van der Waals surface area (Å²) in [5, 5.41) is 4.44. The van der Waals surface area contributed by atoms with Gasteiger partial charge in [0, 0.05) is 29.2 Å². The first-order valence-corrected chi connectivity index (χ1v) is 8.25. The van der Waals surface area contributed by atoms with Gasteiger partial charge in [-0.15, -0.1) is 0 Å². The number of thioether (sulfide) groups is 1. The lowest BCUT2D eigenvalue weighted by Gasteiger charge is -2.40. The molecule has 0 atom stereocenters. The highest BCUT2D eigenvalue weighted by Gasteiger charge is 2.35. The van der Waals surface area contributed by atoms with Crippen LogP contribution >= 0.6 is 23.3 Å². The minimum Gasteiger partial charge on any atom is -0.359 e. The van der Waals surface area contributed by atoms with Crippen LogP contribution in [0.25, 0.3) is 0 Å². The molecule has 1 fully saturated rings. The molecule has 1 aromatic rings. The average molecular weight is 271 g/mol. The van der Waals surface area contributed by atoms with Crippen molar-refractivity contribution in [1.29, 1.82) is 0 Å². The highest BCUT2D eigenvalue weighted by molar-refractivity contribution is 8.00. The number of nitrogens with zero attached hydrogens (tertiary/aromatic N) is 2. The molecule has 96 valence electrons. The van der Waals surface area contributed by atoms with Crippen molar-refractivity contribution in [2.45, 2.75) is 44.3 Å². The van der Waals surface area contributed by atoms with Crippen LogP contribution in [0, 0.1) is 5.92 Å². The summed E-state index contributed by atoms with van der Waals surface area (Å²) in [6.45, 7) is 5.43. The molecular weight excluding hydrogens is 250 g/mol. The minimum atomic E-state index is 0.462. The Morgan fingerprint density at radius 3 is 2.76 bits per heavy atom. The Balaban J connectivity index is 1.84. The van der Waals surface area contributed by atoms with Gasteiger partial charge in [-0.3, -0.25) is 0 Å². The van der Waals surface area contributed by atoms with Gasteiger partial charge in [-0.2, -0.15) is 16.1 Å². The summed E-state index contributed by atoms with van der Waals surface area (Å²) in [6.07, 6.45) is 7.23. The zero-order valence-electron chi connectivity index (χ0n) is 10.8. The highest BCUT2D eigenvalue weighted by Crippen LogP contribution is 2.42.